The average Bonchev–Trinajstić information content (AvgIpc) is 3.43. The smallest absolute Gasteiger partial charge is 0.436 e. The van der Waals surface area contributed by atoms with Crippen molar-refractivity contribution in [3.05, 3.63) is 79.5 Å². The molecule has 1 N–H and O–H groups in total. The third kappa shape index (κ3) is 6.15. The molecule has 1 unspecified atom stereocenters. The standard InChI is InChI=1S/C25H21F6IN4O3/c1-13(15-3-5-16(6-4-15)23(38)39-2)33-21(37)19-20(25(29,30)31)34-36-8-7-35(22(19)36)12-14-9-17(24(26,27)28)11-18(32)10-14/h3-6,9-11,13H,7-8,12H2,1-2H3,(H,33,37). The van der Waals surface area contributed by atoms with E-state index in [4.69, 9.17) is 0 Å². The Labute approximate surface area is 232 Å². The maximum Gasteiger partial charge on any atom is 0.436 e. The molecule has 0 bridgehead atoms. The molecule has 0 saturated heterocycles. The van der Waals surface area contributed by atoms with Gasteiger partial charge in [-0.1, -0.05) is 12.1 Å². The van der Waals surface area contributed by atoms with Crippen molar-refractivity contribution in [2.45, 2.75) is 38.4 Å². The van der Waals surface area contributed by atoms with Gasteiger partial charge in [0, 0.05) is 16.7 Å². The number of anilines is 1. The van der Waals surface area contributed by atoms with Gasteiger partial charge in [0.2, 0.25) is 0 Å². The second-order valence-electron chi connectivity index (χ2n) is 8.84. The maximum atomic E-state index is 13.9. The number of fused-ring (bicyclic) bond motifs is 1. The zero-order valence-electron chi connectivity index (χ0n) is 20.5. The molecule has 2 heterocycles. The summed E-state index contributed by atoms with van der Waals surface area (Å²) >= 11 is 1.74. The molecule has 1 aliphatic rings. The Bertz CT molecular complexity index is 1400. The Hall–Kier alpha value is -3.30. The Morgan fingerprint density at radius 1 is 1.05 bits per heavy atom. The number of hydrogen-bond acceptors (Lipinski definition) is 5. The molecule has 39 heavy (non-hydrogen) atoms. The molecule has 3 aromatic rings. The fourth-order valence-corrected chi connectivity index (χ4v) is 5.05. The highest BCUT2D eigenvalue weighted by Crippen LogP contribution is 2.39. The van der Waals surface area contributed by atoms with Crippen LogP contribution in [-0.2, 0) is 30.2 Å². The number of hydrogen-bond donors (Lipinski definition) is 1. The molecule has 0 fully saturated rings. The molecule has 208 valence electrons. The SMILES string of the molecule is COC(=O)c1ccc(C(C)NC(=O)c2c(C(F)(F)F)nn3c2N(Cc2cc(I)cc(C(F)(F)F)c2)CC3)cc1. The Balaban J connectivity index is 1.65. The van der Waals surface area contributed by atoms with Gasteiger partial charge in [-0.2, -0.15) is 31.4 Å². The van der Waals surface area contributed by atoms with Gasteiger partial charge in [-0.15, -0.1) is 0 Å². The van der Waals surface area contributed by atoms with Gasteiger partial charge in [-0.3, -0.25) is 4.79 Å². The molecule has 0 radical (unpaired) electrons. The number of aromatic nitrogens is 2. The van der Waals surface area contributed by atoms with Gasteiger partial charge < -0.3 is 15.0 Å². The number of esters is 1. The normalized spacial score (nSPS) is 14.2. The first-order valence-electron chi connectivity index (χ1n) is 11.5. The van der Waals surface area contributed by atoms with Crippen molar-refractivity contribution < 1.29 is 40.7 Å². The molecule has 14 heteroatoms. The molecule has 1 amide bonds. The lowest BCUT2D eigenvalue weighted by Crippen LogP contribution is -2.31. The molecule has 4 rings (SSSR count). The molecule has 1 aliphatic heterocycles. The second kappa shape index (κ2) is 10.7. The summed E-state index contributed by atoms with van der Waals surface area (Å²) in [7, 11) is 1.22. The third-order valence-corrected chi connectivity index (χ3v) is 6.76. The molecule has 2 aromatic carbocycles. The quantitative estimate of drug-likeness (QED) is 0.204. The fraction of sp³-hybridized carbons (Fsp3) is 0.320. The number of nitrogens with one attached hydrogen (secondary N) is 1. The minimum atomic E-state index is -4.95. The van der Waals surface area contributed by atoms with E-state index in [-0.39, 0.29) is 36.6 Å². The molecular formula is C25H21F6IN4O3. The predicted octanol–water partition coefficient (Wildman–Crippen LogP) is 5.82. The van der Waals surface area contributed by atoms with Crippen molar-refractivity contribution in [2.24, 2.45) is 0 Å². The van der Waals surface area contributed by atoms with Crippen LogP contribution < -0.4 is 10.2 Å². The highest BCUT2D eigenvalue weighted by molar-refractivity contribution is 14.1. The molecular weight excluding hydrogens is 645 g/mol. The van der Waals surface area contributed by atoms with Crippen LogP contribution in [0.2, 0.25) is 0 Å². The number of rotatable bonds is 6. The molecule has 1 atom stereocenters. The number of carbonyl (C=O) groups is 2. The van der Waals surface area contributed by atoms with Crippen LogP contribution in [0.3, 0.4) is 0 Å². The first-order valence-corrected chi connectivity index (χ1v) is 12.6. The monoisotopic (exact) mass is 666 g/mol. The number of methoxy groups -OCH3 is 1. The lowest BCUT2D eigenvalue weighted by Gasteiger charge is -2.21. The molecule has 7 nitrogen and oxygen atoms in total. The highest BCUT2D eigenvalue weighted by Gasteiger charge is 2.44. The van der Waals surface area contributed by atoms with Crippen LogP contribution in [0.5, 0.6) is 0 Å². The number of amides is 1. The van der Waals surface area contributed by atoms with Crippen molar-refractivity contribution in [2.75, 3.05) is 18.6 Å². The Morgan fingerprint density at radius 3 is 2.31 bits per heavy atom. The molecule has 0 aliphatic carbocycles. The van der Waals surface area contributed by atoms with Crippen LogP contribution in [0.4, 0.5) is 32.2 Å². The van der Waals surface area contributed by atoms with Crippen molar-refractivity contribution >= 4 is 40.3 Å². The van der Waals surface area contributed by atoms with E-state index in [0.717, 1.165) is 16.8 Å². The van der Waals surface area contributed by atoms with Crippen molar-refractivity contribution in [1.29, 1.82) is 0 Å². The summed E-state index contributed by atoms with van der Waals surface area (Å²) in [6.45, 7) is 1.57. The first kappa shape index (κ1) is 28.7. The topological polar surface area (TPSA) is 76.5 Å². The summed E-state index contributed by atoms with van der Waals surface area (Å²) in [4.78, 5) is 26.3. The zero-order chi connectivity index (χ0) is 28.7. The van der Waals surface area contributed by atoms with Crippen molar-refractivity contribution in [3.8, 4) is 0 Å². The summed E-state index contributed by atoms with van der Waals surface area (Å²) in [5.41, 5.74) is -1.97. The van der Waals surface area contributed by atoms with Crippen LogP contribution in [-0.4, -0.2) is 35.3 Å². The van der Waals surface area contributed by atoms with Crippen LogP contribution in [0.25, 0.3) is 0 Å². The third-order valence-electron chi connectivity index (χ3n) is 6.14. The maximum absolute atomic E-state index is 13.9. The highest BCUT2D eigenvalue weighted by atomic mass is 127. The van der Waals surface area contributed by atoms with Gasteiger partial charge in [0.15, 0.2) is 5.69 Å². The van der Waals surface area contributed by atoms with E-state index in [0.29, 0.717) is 9.13 Å². The van der Waals surface area contributed by atoms with Gasteiger partial charge in [0.25, 0.3) is 5.91 Å². The fourth-order valence-electron chi connectivity index (χ4n) is 4.32. The number of nitrogens with zero attached hydrogens (tertiary/aromatic N) is 3. The first-order chi connectivity index (χ1) is 18.2. The lowest BCUT2D eigenvalue weighted by atomic mass is 10.1. The van der Waals surface area contributed by atoms with Crippen LogP contribution in [0.1, 0.15) is 56.1 Å². The van der Waals surface area contributed by atoms with Crippen LogP contribution in [0.15, 0.2) is 42.5 Å². The van der Waals surface area contributed by atoms with E-state index < -0.39 is 47.1 Å². The number of halogens is 7. The summed E-state index contributed by atoms with van der Waals surface area (Å²) in [6.07, 6.45) is -9.55. The van der Waals surface area contributed by atoms with Gasteiger partial charge in [0.05, 0.1) is 30.8 Å². The van der Waals surface area contributed by atoms with E-state index in [9.17, 15) is 35.9 Å². The number of alkyl halides is 6. The van der Waals surface area contributed by atoms with Crippen molar-refractivity contribution in [1.82, 2.24) is 15.1 Å². The van der Waals surface area contributed by atoms with Crippen molar-refractivity contribution in [3.63, 3.8) is 0 Å². The minimum Gasteiger partial charge on any atom is -0.465 e. The van der Waals surface area contributed by atoms with E-state index in [1.807, 2.05) is 0 Å². The minimum absolute atomic E-state index is 0.0201. The number of carbonyl (C=O) groups excluding carboxylic acids is 2. The Kier molecular flexibility index (Phi) is 7.87. The average molecular weight is 666 g/mol. The van der Waals surface area contributed by atoms with Gasteiger partial charge in [0.1, 0.15) is 11.4 Å². The molecule has 0 saturated carbocycles. The lowest BCUT2D eigenvalue weighted by molar-refractivity contribution is -0.142. The van der Waals surface area contributed by atoms with E-state index in [2.05, 4.69) is 15.2 Å². The van der Waals surface area contributed by atoms with Crippen LogP contribution in [0, 0.1) is 3.57 Å². The van der Waals surface area contributed by atoms with Gasteiger partial charge in [-0.25, -0.2) is 9.48 Å². The Morgan fingerprint density at radius 2 is 1.72 bits per heavy atom. The van der Waals surface area contributed by atoms with E-state index in [1.165, 1.54) is 42.3 Å². The zero-order valence-corrected chi connectivity index (χ0v) is 22.6. The predicted molar refractivity (Wildman–Crippen MR) is 136 cm³/mol. The molecule has 0 spiro atoms. The summed E-state index contributed by atoms with van der Waals surface area (Å²) in [5.74, 6) is -1.74. The van der Waals surface area contributed by atoms with E-state index in [1.54, 1.807) is 29.5 Å². The number of ether oxygens (including phenoxy) is 1. The summed E-state index contributed by atoms with van der Waals surface area (Å²) in [6, 6.07) is 8.64. The molecule has 1 aromatic heterocycles. The van der Waals surface area contributed by atoms with E-state index >= 15 is 0 Å². The van der Waals surface area contributed by atoms with Gasteiger partial charge >= 0.3 is 18.3 Å². The second-order valence-corrected chi connectivity index (χ2v) is 10.1. The summed E-state index contributed by atoms with van der Waals surface area (Å²) in [5, 5.41) is 6.17. The largest absolute Gasteiger partial charge is 0.465 e. The van der Waals surface area contributed by atoms with Gasteiger partial charge in [-0.05, 0) is 71.0 Å². The summed E-state index contributed by atoms with van der Waals surface area (Å²) < 4.78 is 87.7. The number of benzene rings is 2. The van der Waals surface area contributed by atoms with Crippen LogP contribution >= 0.6 is 22.6 Å².